The van der Waals surface area contributed by atoms with Crippen molar-refractivity contribution >= 4 is 52.1 Å². The monoisotopic (exact) mass is 498 g/mol. The van der Waals surface area contributed by atoms with Crippen LogP contribution in [0.1, 0.15) is 20.9 Å². The number of benzene rings is 2. The van der Waals surface area contributed by atoms with E-state index in [1.165, 1.54) is 19.4 Å². The number of nitrogens with one attached hydrogen (secondary N) is 2. The van der Waals surface area contributed by atoms with Gasteiger partial charge in [0.2, 0.25) is 0 Å². The zero-order valence-electron chi connectivity index (χ0n) is 18.4. The number of hydrogen-bond donors (Lipinski definition) is 2. The van der Waals surface area contributed by atoms with Crippen molar-refractivity contribution in [1.29, 1.82) is 0 Å². The first-order valence-electron chi connectivity index (χ1n) is 10.6. The highest BCUT2D eigenvalue weighted by molar-refractivity contribution is 7.80. The van der Waals surface area contributed by atoms with E-state index in [4.69, 9.17) is 33.0 Å². The molecule has 3 aromatic rings. The SMILES string of the molecule is COc1ccc(C(=O)NC(=S)Nc2ccc(N3CCN(C(=O)c4ccco4)CC3)cc2)cc1Cl. The third-order valence-corrected chi connectivity index (χ3v) is 5.93. The minimum absolute atomic E-state index is 0.0864. The summed E-state index contributed by atoms with van der Waals surface area (Å²) in [7, 11) is 1.51. The van der Waals surface area contributed by atoms with Crippen LogP contribution in [0.5, 0.6) is 5.75 Å². The van der Waals surface area contributed by atoms with Gasteiger partial charge in [-0.1, -0.05) is 11.6 Å². The summed E-state index contributed by atoms with van der Waals surface area (Å²) in [5.41, 5.74) is 2.15. The lowest BCUT2D eigenvalue weighted by Crippen LogP contribution is -2.48. The minimum atomic E-state index is -0.374. The number of ether oxygens (including phenoxy) is 1. The third kappa shape index (κ3) is 5.49. The normalized spacial score (nSPS) is 13.4. The molecule has 4 rings (SSSR count). The summed E-state index contributed by atoms with van der Waals surface area (Å²) < 4.78 is 10.3. The van der Waals surface area contributed by atoms with E-state index in [1.54, 1.807) is 29.2 Å². The van der Waals surface area contributed by atoms with Gasteiger partial charge in [-0.3, -0.25) is 14.9 Å². The van der Waals surface area contributed by atoms with Gasteiger partial charge in [-0.25, -0.2) is 0 Å². The van der Waals surface area contributed by atoms with Gasteiger partial charge in [-0.15, -0.1) is 0 Å². The van der Waals surface area contributed by atoms with Crippen molar-refractivity contribution in [1.82, 2.24) is 10.2 Å². The van der Waals surface area contributed by atoms with Crippen molar-refractivity contribution in [2.24, 2.45) is 0 Å². The molecule has 1 aliphatic rings. The molecule has 1 saturated heterocycles. The van der Waals surface area contributed by atoms with Crippen LogP contribution in [0.15, 0.2) is 65.3 Å². The highest BCUT2D eigenvalue weighted by atomic mass is 35.5. The molecule has 2 aromatic carbocycles. The smallest absolute Gasteiger partial charge is 0.289 e. The van der Waals surface area contributed by atoms with Gasteiger partial charge in [0, 0.05) is 43.1 Å². The average Bonchev–Trinajstić information content (AvgIpc) is 3.39. The standard InChI is InChI=1S/C24H23ClN4O4S/c1-32-20-9-4-16(15-19(20)25)22(30)27-24(34)26-17-5-7-18(8-6-17)28-10-12-29(13-11-28)23(31)21-3-2-14-33-21/h2-9,14-15H,10-13H2,1H3,(H2,26,27,30,34). The summed E-state index contributed by atoms with van der Waals surface area (Å²) in [6, 6.07) is 15.9. The van der Waals surface area contributed by atoms with Gasteiger partial charge in [0.25, 0.3) is 11.8 Å². The quantitative estimate of drug-likeness (QED) is 0.513. The van der Waals surface area contributed by atoms with Crippen LogP contribution in [0.4, 0.5) is 11.4 Å². The fourth-order valence-corrected chi connectivity index (χ4v) is 4.09. The molecule has 8 nitrogen and oxygen atoms in total. The van der Waals surface area contributed by atoms with E-state index in [-0.39, 0.29) is 16.9 Å². The highest BCUT2D eigenvalue weighted by Crippen LogP contribution is 2.25. The first-order chi connectivity index (χ1) is 16.4. The van der Waals surface area contributed by atoms with E-state index in [0.717, 1.165) is 24.5 Å². The number of hydrogen-bond acceptors (Lipinski definition) is 6. The van der Waals surface area contributed by atoms with Gasteiger partial charge in [0.15, 0.2) is 10.9 Å². The lowest BCUT2D eigenvalue weighted by molar-refractivity contribution is 0.0714. The van der Waals surface area contributed by atoms with Gasteiger partial charge in [0.05, 0.1) is 18.4 Å². The Kier molecular flexibility index (Phi) is 7.34. The number of halogens is 1. The predicted octanol–water partition coefficient (Wildman–Crippen LogP) is 4.03. The number of furan rings is 1. The van der Waals surface area contributed by atoms with Crippen LogP contribution < -0.4 is 20.3 Å². The van der Waals surface area contributed by atoms with Crippen molar-refractivity contribution in [2.75, 3.05) is 43.5 Å². The highest BCUT2D eigenvalue weighted by Gasteiger charge is 2.23. The lowest BCUT2D eigenvalue weighted by atomic mass is 10.2. The van der Waals surface area contributed by atoms with Crippen LogP contribution in [0.2, 0.25) is 5.02 Å². The molecule has 2 heterocycles. The van der Waals surface area contributed by atoms with E-state index in [2.05, 4.69) is 15.5 Å². The molecule has 176 valence electrons. The zero-order chi connectivity index (χ0) is 24.1. The predicted molar refractivity (Wildman–Crippen MR) is 135 cm³/mol. The molecule has 10 heteroatoms. The van der Waals surface area contributed by atoms with E-state index in [1.807, 2.05) is 24.3 Å². The van der Waals surface area contributed by atoms with Crippen molar-refractivity contribution in [3.63, 3.8) is 0 Å². The molecule has 2 N–H and O–H groups in total. The van der Waals surface area contributed by atoms with Crippen LogP contribution in [0.25, 0.3) is 0 Å². The van der Waals surface area contributed by atoms with Gasteiger partial charge in [-0.2, -0.15) is 0 Å². The molecule has 0 unspecified atom stereocenters. The van der Waals surface area contributed by atoms with Crippen molar-refractivity contribution in [3.05, 3.63) is 77.2 Å². The zero-order valence-corrected chi connectivity index (χ0v) is 20.0. The molecule has 0 bridgehead atoms. The Morgan fingerprint density at radius 2 is 1.79 bits per heavy atom. The maximum absolute atomic E-state index is 12.4. The first-order valence-corrected chi connectivity index (χ1v) is 11.4. The number of carbonyl (C=O) groups is 2. The van der Waals surface area contributed by atoms with E-state index >= 15 is 0 Å². The molecule has 1 fully saturated rings. The van der Waals surface area contributed by atoms with Gasteiger partial charge < -0.3 is 24.3 Å². The molecule has 1 aliphatic heterocycles. The summed E-state index contributed by atoms with van der Waals surface area (Å²) in [5, 5.41) is 6.17. The van der Waals surface area contributed by atoms with Crippen molar-refractivity contribution < 1.29 is 18.7 Å². The summed E-state index contributed by atoms with van der Waals surface area (Å²) in [5.74, 6) is 0.392. The molecule has 0 saturated carbocycles. The minimum Gasteiger partial charge on any atom is -0.495 e. The third-order valence-electron chi connectivity index (χ3n) is 5.43. The fraction of sp³-hybridized carbons (Fsp3) is 0.208. The molecular formula is C24H23ClN4O4S. The van der Waals surface area contributed by atoms with Crippen LogP contribution in [-0.2, 0) is 0 Å². The number of amides is 2. The molecule has 34 heavy (non-hydrogen) atoms. The van der Waals surface area contributed by atoms with Gasteiger partial charge >= 0.3 is 0 Å². The second kappa shape index (κ2) is 10.6. The van der Waals surface area contributed by atoms with E-state index < -0.39 is 0 Å². The molecule has 0 aliphatic carbocycles. The number of rotatable bonds is 5. The summed E-state index contributed by atoms with van der Waals surface area (Å²) in [6.45, 7) is 2.67. The van der Waals surface area contributed by atoms with E-state index in [0.29, 0.717) is 35.2 Å². The summed E-state index contributed by atoms with van der Waals surface area (Å²) in [6.07, 6.45) is 1.50. The van der Waals surface area contributed by atoms with Crippen LogP contribution >= 0.6 is 23.8 Å². The van der Waals surface area contributed by atoms with Gasteiger partial charge in [0.1, 0.15) is 5.75 Å². The van der Waals surface area contributed by atoms with Gasteiger partial charge in [-0.05, 0) is 66.8 Å². The molecule has 2 amide bonds. The molecule has 0 atom stereocenters. The second-order valence-corrected chi connectivity index (χ2v) is 8.38. The van der Waals surface area contributed by atoms with Crippen LogP contribution in [0.3, 0.4) is 0 Å². The number of carbonyl (C=O) groups excluding carboxylic acids is 2. The second-order valence-electron chi connectivity index (χ2n) is 7.56. The van der Waals surface area contributed by atoms with Crippen molar-refractivity contribution in [3.8, 4) is 5.75 Å². The number of nitrogens with zero attached hydrogens (tertiary/aromatic N) is 2. The van der Waals surface area contributed by atoms with Crippen LogP contribution in [0, 0.1) is 0 Å². The molecule has 0 spiro atoms. The molecular weight excluding hydrogens is 476 g/mol. The number of methoxy groups -OCH3 is 1. The Hall–Kier alpha value is -3.56. The first kappa shape index (κ1) is 23.6. The fourth-order valence-electron chi connectivity index (χ4n) is 3.62. The molecule has 0 radical (unpaired) electrons. The Balaban J connectivity index is 1.28. The topological polar surface area (TPSA) is 87.0 Å². The number of anilines is 2. The van der Waals surface area contributed by atoms with E-state index in [9.17, 15) is 9.59 Å². The maximum atomic E-state index is 12.4. The number of piperazine rings is 1. The van der Waals surface area contributed by atoms with Crippen LogP contribution in [-0.4, -0.2) is 55.1 Å². The molecule has 1 aromatic heterocycles. The largest absolute Gasteiger partial charge is 0.495 e. The Labute approximate surface area is 207 Å². The summed E-state index contributed by atoms with van der Waals surface area (Å²) in [4.78, 5) is 28.8. The Morgan fingerprint density at radius 3 is 2.41 bits per heavy atom. The van der Waals surface area contributed by atoms with Crippen molar-refractivity contribution in [2.45, 2.75) is 0 Å². The summed E-state index contributed by atoms with van der Waals surface area (Å²) >= 11 is 11.4. The maximum Gasteiger partial charge on any atom is 0.289 e. The Morgan fingerprint density at radius 1 is 1.06 bits per heavy atom. The average molecular weight is 499 g/mol. The Bertz CT molecular complexity index is 1180. The lowest BCUT2D eigenvalue weighted by Gasteiger charge is -2.35. The number of thiocarbonyl (C=S) groups is 1.